The molecule has 4 nitrogen and oxygen atoms in total. The molecule has 0 heterocycles. The van der Waals surface area contributed by atoms with Crippen LogP contribution < -0.4 is 15.8 Å². The van der Waals surface area contributed by atoms with E-state index in [0.29, 0.717) is 12.0 Å². The van der Waals surface area contributed by atoms with Gasteiger partial charge in [-0.05, 0) is 37.1 Å². The van der Waals surface area contributed by atoms with E-state index in [1.165, 1.54) is 0 Å². The van der Waals surface area contributed by atoms with Gasteiger partial charge in [0.2, 0.25) is 0 Å². The van der Waals surface area contributed by atoms with Crippen molar-refractivity contribution < 1.29 is 4.74 Å². The minimum atomic E-state index is 0.441. The standard InChI is InChI=1S/C11H15N3O/c1-15-10-6-4-9(5-7-10)14-11(12)13-8-2-3-8/h4-8H,2-3H2,1H3,(H3,12,13,14). The molecule has 15 heavy (non-hydrogen) atoms. The van der Waals surface area contributed by atoms with Crippen molar-refractivity contribution in [2.75, 3.05) is 12.4 Å². The normalized spacial score (nSPS) is 16.2. The van der Waals surface area contributed by atoms with E-state index >= 15 is 0 Å². The van der Waals surface area contributed by atoms with Crippen molar-refractivity contribution in [2.45, 2.75) is 18.9 Å². The molecule has 80 valence electrons. The van der Waals surface area contributed by atoms with Crippen molar-refractivity contribution in [2.24, 2.45) is 10.7 Å². The highest BCUT2D eigenvalue weighted by molar-refractivity contribution is 5.92. The molecule has 4 heteroatoms. The predicted molar refractivity (Wildman–Crippen MR) is 61.3 cm³/mol. The van der Waals surface area contributed by atoms with Gasteiger partial charge in [-0.25, -0.2) is 4.99 Å². The fraction of sp³-hybridized carbons (Fsp3) is 0.364. The van der Waals surface area contributed by atoms with E-state index in [1.807, 2.05) is 24.3 Å². The molecule has 1 fully saturated rings. The van der Waals surface area contributed by atoms with Crippen LogP contribution in [0.4, 0.5) is 5.69 Å². The molecule has 2 rings (SSSR count). The molecule has 0 amide bonds. The van der Waals surface area contributed by atoms with Crippen molar-refractivity contribution in [3.05, 3.63) is 24.3 Å². The summed E-state index contributed by atoms with van der Waals surface area (Å²) in [5.74, 6) is 1.32. The third kappa shape index (κ3) is 2.87. The van der Waals surface area contributed by atoms with E-state index in [4.69, 9.17) is 10.5 Å². The summed E-state index contributed by atoms with van der Waals surface area (Å²) in [5.41, 5.74) is 6.65. The van der Waals surface area contributed by atoms with Gasteiger partial charge in [-0.15, -0.1) is 0 Å². The van der Waals surface area contributed by atoms with Gasteiger partial charge in [0.15, 0.2) is 5.96 Å². The first-order valence-electron chi connectivity index (χ1n) is 5.02. The summed E-state index contributed by atoms with van der Waals surface area (Å²) < 4.78 is 5.06. The Kier molecular flexibility index (Phi) is 2.76. The number of hydrogen-bond donors (Lipinski definition) is 2. The summed E-state index contributed by atoms with van der Waals surface area (Å²) in [7, 11) is 1.64. The Hall–Kier alpha value is -1.71. The predicted octanol–water partition coefficient (Wildman–Crippen LogP) is 1.58. The highest BCUT2D eigenvalue weighted by atomic mass is 16.5. The zero-order chi connectivity index (χ0) is 10.7. The minimum Gasteiger partial charge on any atom is -0.497 e. The van der Waals surface area contributed by atoms with E-state index in [2.05, 4.69) is 10.3 Å². The zero-order valence-electron chi connectivity index (χ0n) is 8.73. The fourth-order valence-corrected chi connectivity index (χ4v) is 1.25. The molecule has 0 spiro atoms. The van der Waals surface area contributed by atoms with E-state index < -0.39 is 0 Å². The molecule has 1 aliphatic carbocycles. The molecular formula is C11H15N3O. The smallest absolute Gasteiger partial charge is 0.193 e. The minimum absolute atomic E-state index is 0.441. The average molecular weight is 205 g/mol. The van der Waals surface area contributed by atoms with Gasteiger partial charge in [-0.3, -0.25) is 0 Å². The Morgan fingerprint density at radius 2 is 2.07 bits per heavy atom. The number of nitrogens with two attached hydrogens (primary N) is 1. The van der Waals surface area contributed by atoms with Gasteiger partial charge in [0.1, 0.15) is 5.75 Å². The molecule has 0 saturated heterocycles. The van der Waals surface area contributed by atoms with Gasteiger partial charge in [0.05, 0.1) is 13.2 Å². The molecule has 3 N–H and O–H groups in total. The molecule has 0 aromatic heterocycles. The van der Waals surface area contributed by atoms with Crippen LogP contribution in [0.15, 0.2) is 29.3 Å². The SMILES string of the molecule is COc1ccc(NC(N)=NC2CC2)cc1. The number of methoxy groups -OCH3 is 1. The van der Waals surface area contributed by atoms with Crippen LogP contribution in [0.3, 0.4) is 0 Å². The quantitative estimate of drug-likeness (QED) is 0.582. The number of ether oxygens (including phenoxy) is 1. The fourth-order valence-electron chi connectivity index (χ4n) is 1.25. The number of nitrogens with zero attached hydrogens (tertiary/aromatic N) is 1. The van der Waals surface area contributed by atoms with Crippen LogP contribution in [0, 0.1) is 0 Å². The van der Waals surface area contributed by atoms with E-state index in [1.54, 1.807) is 7.11 Å². The Morgan fingerprint density at radius 1 is 1.40 bits per heavy atom. The van der Waals surface area contributed by atoms with Crippen LogP contribution in [-0.4, -0.2) is 19.1 Å². The molecule has 1 aromatic carbocycles. The second-order valence-electron chi connectivity index (χ2n) is 3.60. The Bertz CT molecular complexity index is 355. The van der Waals surface area contributed by atoms with Crippen molar-refractivity contribution in [3.63, 3.8) is 0 Å². The zero-order valence-corrected chi connectivity index (χ0v) is 8.73. The first-order valence-corrected chi connectivity index (χ1v) is 5.02. The monoisotopic (exact) mass is 205 g/mol. The first-order chi connectivity index (χ1) is 7.28. The first kappa shape index (κ1) is 9.83. The number of guanidine groups is 1. The number of benzene rings is 1. The van der Waals surface area contributed by atoms with Gasteiger partial charge in [0.25, 0.3) is 0 Å². The summed E-state index contributed by atoms with van der Waals surface area (Å²) in [6.07, 6.45) is 2.32. The van der Waals surface area contributed by atoms with Gasteiger partial charge in [-0.2, -0.15) is 0 Å². The van der Waals surface area contributed by atoms with Crippen LogP contribution in [0.1, 0.15) is 12.8 Å². The third-order valence-electron chi connectivity index (χ3n) is 2.23. The van der Waals surface area contributed by atoms with Crippen LogP contribution in [0.25, 0.3) is 0 Å². The molecule has 1 aliphatic rings. The maximum Gasteiger partial charge on any atom is 0.193 e. The summed E-state index contributed by atoms with van der Waals surface area (Å²) in [6, 6.07) is 8.03. The number of aliphatic imine (C=N–C) groups is 1. The van der Waals surface area contributed by atoms with Crippen molar-refractivity contribution in [3.8, 4) is 5.75 Å². The average Bonchev–Trinajstić information content (AvgIpc) is 3.03. The molecular weight excluding hydrogens is 190 g/mol. The topological polar surface area (TPSA) is 59.6 Å². The second kappa shape index (κ2) is 4.21. The maximum absolute atomic E-state index is 5.72. The molecule has 0 unspecified atom stereocenters. The van der Waals surface area contributed by atoms with E-state index in [0.717, 1.165) is 24.3 Å². The van der Waals surface area contributed by atoms with Crippen LogP contribution in [-0.2, 0) is 0 Å². The Labute approximate surface area is 89.1 Å². The third-order valence-corrected chi connectivity index (χ3v) is 2.23. The van der Waals surface area contributed by atoms with Gasteiger partial charge < -0.3 is 15.8 Å². The van der Waals surface area contributed by atoms with E-state index in [9.17, 15) is 0 Å². The molecule has 0 atom stereocenters. The lowest BCUT2D eigenvalue weighted by molar-refractivity contribution is 0.415. The molecule has 0 aliphatic heterocycles. The molecule has 1 aromatic rings. The summed E-state index contributed by atoms with van der Waals surface area (Å²) in [4.78, 5) is 4.28. The summed E-state index contributed by atoms with van der Waals surface area (Å²) >= 11 is 0. The van der Waals surface area contributed by atoms with Crippen LogP contribution in [0.5, 0.6) is 5.75 Å². The Balaban J connectivity index is 1.97. The number of hydrogen-bond acceptors (Lipinski definition) is 2. The lowest BCUT2D eigenvalue weighted by Crippen LogP contribution is -2.22. The van der Waals surface area contributed by atoms with Crippen molar-refractivity contribution in [1.82, 2.24) is 0 Å². The number of nitrogens with one attached hydrogen (secondary N) is 1. The lowest BCUT2D eigenvalue weighted by Gasteiger charge is -2.06. The summed E-state index contributed by atoms with van der Waals surface area (Å²) in [5, 5.41) is 3.04. The van der Waals surface area contributed by atoms with Gasteiger partial charge in [0, 0.05) is 5.69 Å². The number of rotatable bonds is 3. The summed E-state index contributed by atoms with van der Waals surface area (Å²) in [6.45, 7) is 0. The largest absolute Gasteiger partial charge is 0.497 e. The Morgan fingerprint density at radius 3 is 2.60 bits per heavy atom. The number of anilines is 1. The van der Waals surface area contributed by atoms with Crippen molar-refractivity contribution >= 4 is 11.6 Å². The second-order valence-corrected chi connectivity index (χ2v) is 3.60. The van der Waals surface area contributed by atoms with Gasteiger partial charge in [-0.1, -0.05) is 0 Å². The lowest BCUT2D eigenvalue weighted by atomic mass is 10.3. The van der Waals surface area contributed by atoms with Crippen LogP contribution >= 0.6 is 0 Å². The highest BCUT2D eigenvalue weighted by Crippen LogP contribution is 2.23. The maximum atomic E-state index is 5.72. The van der Waals surface area contributed by atoms with E-state index in [-0.39, 0.29) is 0 Å². The van der Waals surface area contributed by atoms with Crippen LogP contribution in [0.2, 0.25) is 0 Å². The van der Waals surface area contributed by atoms with Gasteiger partial charge >= 0.3 is 0 Å². The van der Waals surface area contributed by atoms with Crippen molar-refractivity contribution in [1.29, 1.82) is 0 Å². The molecule has 0 radical (unpaired) electrons. The highest BCUT2D eigenvalue weighted by Gasteiger charge is 2.20. The molecule has 0 bridgehead atoms. The molecule has 1 saturated carbocycles.